The van der Waals surface area contributed by atoms with Crippen LogP contribution in [0.1, 0.15) is 28.8 Å². The monoisotopic (exact) mass is 349 g/mol. The number of alkyl halides is 3. The van der Waals surface area contributed by atoms with Crippen LogP contribution in [0, 0.1) is 12.8 Å². The highest BCUT2D eigenvalue weighted by Gasteiger charge is 2.41. The maximum atomic E-state index is 12.6. The number of carbonyl (C=O) groups is 1. The third kappa shape index (κ3) is 3.34. The van der Waals surface area contributed by atoms with Gasteiger partial charge in [0.2, 0.25) is 0 Å². The Hall–Kier alpha value is -1.04. The Morgan fingerprint density at radius 1 is 1.30 bits per heavy atom. The van der Waals surface area contributed by atoms with E-state index in [9.17, 15) is 18.0 Å². The number of likely N-dealkylation sites (tertiary alicyclic amines) is 1. The molecule has 0 N–H and O–H groups in total. The molecule has 0 radical (unpaired) electrons. The summed E-state index contributed by atoms with van der Waals surface area (Å²) in [6.07, 6.45) is -4.18. The van der Waals surface area contributed by atoms with Crippen LogP contribution in [0.5, 0.6) is 0 Å². The lowest BCUT2D eigenvalue weighted by Crippen LogP contribution is -2.42. The van der Waals surface area contributed by atoms with Crippen LogP contribution in [-0.2, 0) is 0 Å². The van der Waals surface area contributed by atoms with E-state index in [1.54, 1.807) is 12.1 Å². The van der Waals surface area contributed by atoms with Gasteiger partial charge in [0.15, 0.2) is 0 Å². The summed E-state index contributed by atoms with van der Waals surface area (Å²) in [6, 6.07) is 5.41. The fourth-order valence-electron chi connectivity index (χ4n) is 2.38. The van der Waals surface area contributed by atoms with Crippen LogP contribution in [0.4, 0.5) is 13.2 Å². The second-order valence-corrected chi connectivity index (χ2v) is 5.95. The largest absolute Gasteiger partial charge is 0.391 e. The summed E-state index contributed by atoms with van der Waals surface area (Å²) in [5, 5.41) is 0. The van der Waals surface area contributed by atoms with Crippen LogP contribution < -0.4 is 0 Å². The van der Waals surface area contributed by atoms with Crippen LogP contribution in [0.15, 0.2) is 22.7 Å². The van der Waals surface area contributed by atoms with Crippen molar-refractivity contribution in [1.82, 2.24) is 4.90 Å². The van der Waals surface area contributed by atoms with E-state index in [1.807, 2.05) is 13.0 Å². The lowest BCUT2D eigenvalue weighted by Gasteiger charge is -2.33. The van der Waals surface area contributed by atoms with Gasteiger partial charge in [-0.2, -0.15) is 13.2 Å². The first-order valence-corrected chi connectivity index (χ1v) is 7.20. The maximum absolute atomic E-state index is 12.6. The number of hydrogen-bond donors (Lipinski definition) is 0. The molecule has 0 atom stereocenters. The van der Waals surface area contributed by atoms with Gasteiger partial charge in [0.25, 0.3) is 5.91 Å². The Labute approximate surface area is 124 Å². The summed E-state index contributed by atoms with van der Waals surface area (Å²) in [5.74, 6) is -1.49. The molecule has 0 aliphatic carbocycles. The van der Waals surface area contributed by atoms with Gasteiger partial charge in [0.1, 0.15) is 0 Å². The van der Waals surface area contributed by atoms with Crippen molar-refractivity contribution in [3.63, 3.8) is 0 Å². The molecule has 1 saturated heterocycles. The zero-order chi connectivity index (χ0) is 14.9. The first kappa shape index (κ1) is 15.4. The Morgan fingerprint density at radius 2 is 1.90 bits per heavy atom. The fourth-order valence-corrected chi connectivity index (χ4v) is 2.80. The van der Waals surface area contributed by atoms with Gasteiger partial charge < -0.3 is 4.90 Å². The first-order valence-electron chi connectivity index (χ1n) is 6.41. The molecule has 20 heavy (non-hydrogen) atoms. The van der Waals surface area contributed by atoms with Crippen LogP contribution >= 0.6 is 15.9 Å². The number of halogens is 4. The molecule has 2 rings (SSSR count). The van der Waals surface area contributed by atoms with Gasteiger partial charge in [0, 0.05) is 17.6 Å². The number of rotatable bonds is 1. The quantitative estimate of drug-likeness (QED) is 0.744. The zero-order valence-electron chi connectivity index (χ0n) is 11.0. The molecule has 0 spiro atoms. The normalized spacial score (nSPS) is 17.4. The molecular weight excluding hydrogens is 335 g/mol. The molecule has 1 aromatic rings. The Kier molecular flexibility index (Phi) is 4.42. The standard InChI is InChI=1S/C14H15BrF3NO/c1-9-2-3-12(15)11(8-9)13(20)19-6-4-10(5-7-19)14(16,17)18/h2-3,8,10H,4-7H2,1H3. The molecule has 1 aromatic carbocycles. The van der Waals surface area contributed by atoms with Crippen LogP contribution in [0.25, 0.3) is 0 Å². The van der Waals surface area contributed by atoms with Crippen molar-refractivity contribution in [2.75, 3.05) is 13.1 Å². The molecule has 0 unspecified atom stereocenters. The number of hydrogen-bond acceptors (Lipinski definition) is 1. The minimum Gasteiger partial charge on any atom is -0.339 e. The molecule has 1 amide bonds. The zero-order valence-corrected chi connectivity index (χ0v) is 12.6. The van der Waals surface area contributed by atoms with E-state index in [0.29, 0.717) is 10.0 Å². The smallest absolute Gasteiger partial charge is 0.339 e. The summed E-state index contributed by atoms with van der Waals surface area (Å²) in [6.45, 7) is 2.19. The predicted octanol–water partition coefficient (Wildman–Crippen LogP) is 4.17. The van der Waals surface area contributed by atoms with Crippen molar-refractivity contribution in [1.29, 1.82) is 0 Å². The molecule has 2 nitrogen and oxygen atoms in total. The Morgan fingerprint density at radius 3 is 2.45 bits per heavy atom. The van der Waals surface area contributed by atoms with Gasteiger partial charge >= 0.3 is 6.18 Å². The van der Waals surface area contributed by atoms with Gasteiger partial charge in [-0.05, 0) is 47.8 Å². The number of amides is 1. The Bertz CT molecular complexity index is 508. The number of benzene rings is 1. The molecule has 0 bridgehead atoms. The lowest BCUT2D eigenvalue weighted by atomic mass is 9.95. The van der Waals surface area contributed by atoms with Gasteiger partial charge in [-0.15, -0.1) is 0 Å². The average molecular weight is 350 g/mol. The lowest BCUT2D eigenvalue weighted by molar-refractivity contribution is -0.183. The predicted molar refractivity (Wildman–Crippen MR) is 73.6 cm³/mol. The van der Waals surface area contributed by atoms with Crippen LogP contribution in [-0.4, -0.2) is 30.1 Å². The van der Waals surface area contributed by atoms with E-state index in [2.05, 4.69) is 15.9 Å². The highest BCUT2D eigenvalue weighted by Crippen LogP contribution is 2.34. The van der Waals surface area contributed by atoms with Crippen molar-refractivity contribution in [2.45, 2.75) is 25.9 Å². The van der Waals surface area contributed by atoms with E-state index >= 15 is 0 Å². The minimum absolute atomic E-state index is 0.0152. The average Bonchev–Trinajstić information content (AvgIpc) is 2.40. The molecule has 1 fully saturated rings. The highest BCUT2D eigenvalue weighted by atomic mass is 79.9. The molecule has 0 saturated carbocycles. The molecule has 1 aliphatic heterocycles. The molecule has 1 heterocycles. The number of aryl methyl sites for hydroxylation is 1. The van der Waals surface area contributed by atoms with E-state index < -0.39 is 12.1 Å². The fraction of sp³-hybridized carbons (Fsp3) is 0.500. The first-order chi connectivity index (χ1) is 9.29. The summed E-state index contributed by atoms with van der Waals surface area (Å²) in [7, 11) is 0. The number of nitrogens with zero attached hydrogens (tertiary/aromatic N) is 1. The van der Waals surface area contributed by atoms with E-state index in [4.69, 9.17) is 0 Å². The third-order valence-corrected chi connectivity index (χ3v) is 4.29. The Balaban J connectivity index is 2.07. The van der Waals surface area contributed by atoms with Crippen molar-refractivity contribution < 1.29 is 18.0 Å². The molecule has 1 aliphatic rings. The second-order valence-electron chi connectivity index (χ2n) is 5.09. The third-order valence-electron chi connectivity index (χ3n) is 3.60. The van der Waals surface area contributed by atoms with Gasteiger partial charge in [0.05, 0.1) is 11.5 Å². The van der Waals surface area contributed by atoms with Crippen molar-refractivity contribution in [3.8, 4) is 0 Å². The summed E-state index contributed by atoms with van der Waals surface area (Å²) in [5.41, 5.74) is 1.46. The van der Waals surface area contributed by atoms with E-state index in [0.717, 1.165) is 5.56 Å². The summed E-state index contributed by atoms with van der Waals surface area (Å²) < 4.78 is 38.5. The van der Waals surface area contributed by atoms with Gasteiger partial charge in [-0.1, -0.05) is 11.6 Å². The molecule has 0 aromatic heterocycles. The van der Waals surface area contributed by atoms with Gasteiger partial charge in [-0.3, -0.25) is 4.79 Å². The van der Waals surface area contributed by atoms with Crippen molar-refractivity contribution >= 4 is 21.8 Å². The molecule has 6 heteroatoms. The minimum atomic E-state index is -4.15. The number of piperidine rings is 1. The highest BCUT2D eigenvalue weighted by molar-refractivity contribution is 9.10. The maximum Gasteiger partial charge on any atom is 0.391 e. The number of carbonyl (C=O) groups excluding carboxylic acids is 1. The topological polar surface area (TPSA) is 20.3 Å². The molecule has 110 valence electrons. The van der Waals surface area contributed by atoms with Crippen LogP contribution in [0.2, 0.25) is 0 Å². The van der Waals surface area contributed by atoms with Crippen molar-refractivity contribution in [3.05, 3.63) is 33.8 Å². The van der Waals surface area contributed by atoms with Crippen molar-refractivity contribution in [2.24, 2.45) is 5.92 Å². The summed E-state index contributed by atoms with van der Waals surface area (Å²) >= 11 is 3.31. The summed E-state index contributed by atoms with van der Waals surface area (Å²) in [4.78, 5) is 13.8. The van der Waals surface area contributed by atoms with E-state index in [-0.39, 0.29) is 31.8 Å². The second kappa shape index (κ2) is 5.76. The molecular formula is C14H15BrF3NO. The SMILES string of the molecule is Cc1ccc(Br)c(C(=O)N2CCC(C(F)(F)F)CC2)c1. The van der Waals surface area contributed by atoms with E-state index in [1.165, 1.54) is 4.90 Å². The van der Waals surface area contributed by atoms with Gasteiger partial charge in [-0.25, -0.2) is 0 Å². The van der Waals surface area contributed by atoms with Crippen LogP contribution in [0.3, 0.4) is 0 Å².